The second-order valence-electron chi connectivity index (χ2n) is 49.1. The van der Waals surface area contributed by atoms with Gasteiger partial charge in [0.25, 0.3) is 0 Å². The number of fused-ring (bicyclic) bond motifs is 27. The second-order valence-corrected chi connectivity index (χ2v) is 49.1. The molecule has 0 amide bonds. The first-order valence-corrected chi connectivity index (χ1v) is 55.4. The molecular weight excluding hydrogens is 1600 g/mol. The van der Waals surface area contributed by atoms with E-state index in [-0.39, 0.29) is 116 Å². The summed E-state index contributed by atoms with van der Waals surface area (Å²) in [5, 5.41) is 0. The molecule has 39 atom stereocenters. The van der Waals surface area contributed by atoms with Crippen molar-refractivity contribution in [1.82, 2.24) is 0 Å². The molecule has 0 aromatic heterocycles. The molecule has 19 rings (SSSR count). The van der Waals surface area contributed by atoms with E-state index in [0.717, 1.165) is 189 Å². The van der Waals surface area contributed by atoms with Gasteiger partial charge in [-0.25, -0.2) is 0 Å². The lowest BCUT2D eigenvalue weighted by Gasteiger charge is -2.48. The third-order valence-corrected chi connectivity index (χ3v) is 42.4. The standard InChI is InChI=1S/C33H52O4.C23H38O2.C20H34O3.C19H32O3.C18H30O3/c1-6-21-17-22(7-2)31(5)25-18-24(28(21)31)26(27(25)30(35)36-32(8-3)14-10-11-15-32)29(34)37-33(9-4)19-20-12-13-23(33)16-20;1-4-15-11-16(5-2)22-19-13-18(21(15)22)12-17(19)14-20(24)25-23(6-3)9-7-8-10-23;1-6-15-17-12-10-13(18(17)16(7-2)22-15)14(11-12)19(21)23-20(5,8-3)9-4;1-6-14-16-11-9-12(17(16)15(7-2)21-14)13(10-11)18(20)22-19(4,5)8-3;1-6-13-15-10-8-11(16(15)14(7-2)20-13)12(9-10)17(19)21-18(3,4)5/h20-28H,6-19H2,1-5H3;15-19,21-22H,4-14H2,1-3H3;12-18H,6-11H2,1-5H3;11-17H,6-10H2,1-5H3;10-16H,6-9H2,1-5H3. The average Bonchev–Trinajstić information content (AvgIpc) is 1.51. The van der Waals surface area contributed by atoms with Crippen LogP contribution in [0.4, 0.5) is 0 Å². The minimum absolute atomic E-state index is 0.0308. The Morgan fingerprint density at radius 1 is 0.359 bits per heavy atom. The average molecular weight is 1780 g/mol. The van der Waals surface area contributed by atoms with Gasteiger partial charge >= 0.3 is 35.8 Å². The summed E-state index contributed by atoms with van der Waals surface area (Å²) in [6.45, 7) is 50.2. The smallest absolute Gasteiger partial charge is 0.310 e. The number of carbonyl (C=O) groups excluding carboxylic acids is 6. The van der Waals surface area contributed by atoms with Gasteiger partial charge in [-0.2, -0.15) is 0 Å². The molecule has 3 aliphatic heterocycles. The van der Waals surface area contributed by atoms with Crippen molar-refractivity contribution in [3.8, 4) is 0 Å². The largest absolute Gasteiger partial charge is 0.460 e. The summed E-state index contributed by atoms with van der Waals surface area (Å²) in [7, 11) is 0. The number of hydrogen-bond donors (Lipinski definition) is 0. The molecule has 128 heavy (non-hydrogen) atoms. The van der Waals surface area contributed by atoms with Gasteiger partial charge in [0.1, 0.15) is 33.6 Å². The maximum Gasteiger partial charge on any atom is 0.310 e. The lowest BCUT2D eigenvalue weighted by molar-refractivity contribution is -0.190. The number of ether oxygens (including phenoxy) is 9. The van der Waals surface area contributed by atoms with Crippen LogP contribution in [-0.4, -0.2) is 106 Å². The van der Waals surface area contributed by atoms with Gasteiger partial charge in [-0.3, -0.25) is 28.8 Å². The summed E-state index contributed by atoms with van der Waals surface area (Å²) < 4.78 is 55.6. The van der Waals surface area contributed by atoms with Gasteiger partial charge < -0.3 is 42.6 Å². The zero-order chi connectivity index (χ0) is 92.0. The summed E-state index contributed by atoms with van der Waals surface area (Å²) in [5.74, 6) is 17.1. The molecule has 0 aromatic rings. The highest BCUT2D eigenvalue weighted by molar-refractivity contribution is 5.85. The Kier molecular flexibility index (Phi) is 30.7. The van der Waals surface area contributed by atoms with Gasteiger partial charge in [0.05, 0.1) is 66.2 Å². The molecule has 12 bridgehead atoms. The first-order chi connectivity index (χ1) is 61.1. The topological polar surface area (TPSA) is 185 Å². The zero-order valence-corrected chi connectivity index (χ0v) is 85.3. The highest BCUT2D eigenvalue weighted by Gasteiger charge is 2.74. The van der Waals surface area contributed by atoms with E-state index in [1.54, 1.807) is 0 Å². The Bertz CT molecular complexity index is 3770. The predicted molar refractivity (Wildman–Crippen MR) is 505 cm³/mol. The van der Waals surface area contributed by atoms with E-state index in [1.165, 1.54) is 103 Å². The van der Waals surface area contributed by atoms with E-state index in [4.69, 9.17) is 42.6 Å². The third-order valence-electron chi connectivity index (χ3n) is 42.4. The van der Waals surface area contributed by atoms with Crippen molar-refractivity contribution in [2.45, 2.75) is 486 Å². The van der Waals surface area contributed by atoms with E-state index in [1.807, 2.05) is 34.6 Å². The van der Waals surface area contributed by atoms with E-state index < -0.39 is 0 Å². The van der Waals surface area contributed by atoms with Crippen molar-refractivity contribution in [3.05, 3.63) is 0 Å². The second kappa shape index (κ2) is 39.7. The summed E-state index contributed by atoms with van der Waals surface area (Å²) in [5.41, 5.74) is -1.56. The monoisotopic (exact) mass is 1780 g/mol. The van der Waals surface area contributed by atoms with Crippen molar-refractivity contribution in [3.63, 3.8) is 0 Å². The zero-order valence-electron chi connectivity index (χ0n) is 85.3. The van der Waals surface area contributed by atoms with Crippen LogP contribution in [0.15, 0.2) is 0 Å². The molecular formula is C113H186O15. The molecule has 0 N–H and O–H groups in total. The first kappa shape index (κ1) is 99.2. The third kappa shape index (κ3) is 18.1. The molecule has 19 aliphatic rings. The Hall–Kier alpha value is -3.30. The molecule has 0 aromatic carbocycles. The van der Waals surface area contributed by atoms with Gasteiger partial charge in [-0.15, -0.1) is 0 Å². The van der Waals surface area contributed by atoms with Crippen molar-refractivity contribution < 1.29 is 71.4 Å². The summed E-state index contributed by atoms with van der Waals surface area (Å²) in [4.78, 5) is 79.4. The molecule has 0 radical (unpaired) electrons. The Morgan fingerprint density at radius 2 is 0.797 bits per heavy atom. The molecule has 3 heterocycles. The normalized spacial score (nSPS) is 45.2. The lowest BCUT2D eigenvalue weighted by atomic mass is 9.57. The molecule has 15 nitrogen and oxygen atoms in total. The van der Waals surface area contributed by atoms with Gasteiger partial charge in [-0.1, -0.05) is 143 Å². The van der Waals surface area contributed by atoms with Crippen LogP contribution in [0.1, 0.15) is 416 Å². The van der Waals surface area contributed by atoms with Crippen LogP contribution in [0.3, 0.4) is 0 Å². The van der Waals surface area contributed by atoms with Crippen molar-refractivity contribution >= 4 is 35.8 Å². The summed E-state index contributed by atoms with van der Waals surface area (Å²) in [6.07, 6.45) is 46.9. The maximum atomic E-state index is 14.3. The van der Waals surface area contributed by atoms with Gasteiger partial charge in [0, 0.05) is 6.42 Å². The fourth-order valence-electron chi connectivity index (χ4n) is 35.9. The number of rotatable bonds is 28. The predicted octanol–water partition coefficient (Wildman–Crippen LogP) is 26.3. The van der Waals surface area contributed by atoms with Crippen molar-refractivity contribution in [2.24, 2.45) is 189 Å². The molecule has 15 heteroatoms. The molecule has 0 spiro atoms. The molecule has 39 unspecified atom stereocenters. The molecule has 728 valence electrons. The fourth-order valence-corrected chi connectivity index (χ4v) is 35.9. The van der Waals surface area contributed by atoms with Crippen LogP contribution >= 0.6 is 0 Å². The summed E-state index contributed by atoms with van der Waals surface area (Å²) in [6, 6.07) is 0. The molecule has 3 saturated heterocycles. The highest BCUT2D eigenvalue weighted by atomic mass is 16.6. The Morgan fingerprint density at radius 3 is 1.21 bits per heavy atom. The summed E-state index contributed by atoms with van der Waals surface area (Å²) >= 11 is 0. The number of carbonyl (C=O) groups is 6. The van der Waals surface area contributed by atoms with Crippen LogP contribution in [0, 0.1) is 189 Å². The van der Waals surface area contributed by atoms with Crippen LogP contribution in [0.2, 0.25) is 0 Å². The van der Waals surface area contributed by atoms with Crippen LogP contribution in [0.5, 0.6) is 0 Å². The highest BCUT2D eigenvalue weighted by Crippen LogP contribution is 2.75. The SMILES string of the molecule is CCC1CC(CC)C2(C)C3CC(C(C(=O)OC4(CC)CC5CCC4C5)C3C(=O)OC3(CC)CCCC3)C12.CCC1CC(CC)C2C3CC(CC3CC(=O)OC3(CC)CCCC3)C12.CCC1OC(CC)C2C3CC(CC3C(=O)OC(C)(C)C)C12.CCC1OC(CC)C2C3CC(CC3C(=O)OC(C)(C)CC)C12.CCC1OC(CC)C2C3CC(CC3C(=O)OC(C)(CC)CC)C12. The molecule has 16 aliphatic carbocycles. The molecule has 19 fully saturated rings. The fraction of sp³-hybridized carbons (Fsp3) is 0.947. The van der Waals surface area contributed by atoms with E-state index in [9.17, 15) is 28.8 Å². The van der Waals surface area contributed by atoms with Gasteiger partial charge in [0.2, 0.25) is 0 Å². The quantitative estimate of drug-likeness (QED) is 0.0532. The van der Waals surface area contributed by atoms with Crippen molar-refractivity contribution in [2.75, 3.05) is 0 Å². The van der Waals surface area contributed by atoms with Crippen LogP contribution in [-0.2, 0) is 71.4 Å². The van der Waals surface area contributed by atoms with E-state index in [0.29, 0.717) is 144 Å². The van der Waals surface area contributed by atoms with Crippen LogP contribution in [0.25, 0.3) is 0 Å². The Balaban J connectivity index is 0.000000125. The maximum absolute atomic E-state index is 14.3. The molecule has 16 saturated carbocycles. The number of hydrogen-bond acceptors (Lipinski definition) is 15. The minimum atomic E-state index is -0.374. The van der Waals surface area contributed by atoms with Gasteiger partial charge in [0.15, 0.2) is 0 Å². The lowest BCUT2D eigenvalue weighted by Crippen LogP contribution is -2.52. The Labute approximate surface area is 778 Å². The first-order valence-electron chi connectivity index (χ1n) is 55.4. The number of esters is 6. The van der Waals surface area contributed by atoms with E-state index in [2.05, 4.69) is 125 Å². The van der Waals surface area contributed by atoms with Crippen molar-refractivity contribution in [1.29, 1.82) is 0 Å². The minimum Gasteiger partial charge on any atom is -0.460 e. The van der Waals surface area contributed by atoms with E-state index >= 15 is 0 Å². The van der Waals surface area contributed by atoms with Crippen LogP contribution < -0.4 is 0 Å². The van der Waals surface area contributed by atoms with Gasteiger partial charge in [-0.05, 0) is 426 Å².